The Kier molecular flexibility index (Phi) is 3.35. The fourth-order valence-corrected chi connectivity index (χ4v) is 2.17. The van der Waals surface area contributed by atoms with E-state index >= 15 is 0 Å². The van der Waals surface area contributed by atoms with Crippen LogP contribution < -0.4 is 14.2 Å². The summed E-state index contributed by atoms with van der Waals surface area (Å²) in [6.45, 7) is 0. The van der Waals surface area contributed by atoms with Crippen molar-refractivity contribution in [3.05, 3.63) is 36.5 Å². The predicted octanol–water partition coefficient (Wildman–Crippen LogP) is 2.42. The highest BCUT2D eigenvalue weighted by molar-refractivity contribution is 5.68. The third kappa shape index (κ3) is 2.24. The highest BCUT2D eigenvalue weighted by Crippen LogP contribution is 2.30. The summed E-state index contributed by atoms with van der Waals surface area (Å²) in [5.74, 6) is 2.32. The SMILES string of the molecule is COc1cc(OC)n2cc(-c3ccccc3OC)nc2n1. The van der Waals surface area contributed by atoms with Gasteiger partial charge in [0.2, 0.25) is 17.5 Å². The smallest absolute Gasteiger partial charge is 0.240 e. The molecule has 6 nitrogen and oxygen atoms in total. The zero-order valence-corrected chi connectivity index (χ0v) is 12.0. The molecule has 0 aliphatic heterocycles. The number of hydrogen-bond acceptors (Lipinski definition) is 5. The molecule has 0 N–H and O–H groups in total. The van der Waals surface area contributed by atoms with Gasteiger partial charge in [-0.1, -0.05) is 12.1 Å². The lowest BCUT2D eigenvalue weighted by Crippen LogP contribution is -1.97. The minimum absolute atomic E-state index is 0.455. The van der Waals surface area contributed by atoms with Gasteiger partial charge in [0, 0.05) is 11.8 Å². The summed E-state index contributed by atoms with van der Waals surface area (Å²) in [5.41, 5.74) is 1.65. The Bertz CT molecular complexity index is 783. The van der Waals surface area contributed by atoms with Crippen LogP contribution in [0.5, 0.6) is 17.5 Å². The summed E-state index contributed by atoms with van der Waals surface area (Å²) >= 11 is 0. The Morgan fingerprint density at radius 2 is 1.76 bits per heavy atom. The molecule has 0 amide bonds. The van der Waals surface area contributed by atoms with Gasteiger partial charge >= 0.3 is 0 Å². The van der Waals surface area contributed by atoms with E-state index in [9.17, 15) is 0 Å². The Balaban J connectivity index is 2.21. The molecule has 108 valence electrons. The number of methoxy groups -OCH3 is 3. The Hall–Kier alpha value is -2.76. The number of para-hydroxylation sites is 1. The predicted molar refractivity (Wildman–Crippen MR) is 78.1 cm³/mol. The van der Waals surface area contributed by atoms with E-state index < -0.39 is 0 Å². The maximum atomic E-state index is 5.37. The van der Waals surface area contributed by atoms with Gasteiger partial charge in [-0.2, -0.15) is 4.98 Å². The lowest BCUT2D eigenvalue weighted by Gasteiger charge is -2.05. The second-order valence-corrected chi connectivity index (χ2v) is 4.34. The molecule has 0 unspecified atom stereocenters. The molecule has 0 aliphatic rings. The first kappa shape index (κ1) is 13.2. The Morgan fingerprint density at radius 3 is 2.48 bits per heavy atom. The number of fused-ring (bicyclic) bond motifs is 1. The number of benzene rings is 1. The molecule has 0 saturated carbocycles. The molecule has 2 heterocycles. The minimum atomic E-state index is 0.455. The van der Waals surface area contributed by atoms with Gasteiger partial charge in [0.05, 0.1) is 33.1 Å². The monoisotopic (exact) mass is 285 g/mol. The highest BCUT2D eigenvalue weighted by Gasteiger charge is 2.13. The van der Waals surface area contributed by atoms with Gasteiger partial charge in [0.15, 0.2) is 0 Å². The van der Waals surface area contributed by atoms with Crippen molar-refractivity contribution in [1.82, 2.24) is 14.4 Å². The van der Waals surface area contributed by atoms with Crippen LogP contribution in [0.3, 0.4) is 0 Å². The second-order valence-electron chi connectivity index (χ2n) is 4.34. The molecule has 0 atom stereocenters. The standard InChI is InChI=1S/C15H15N3O3/c1-19-12-7-5-4-6-10(12)11-9-18-14(21-3)8-13(20-2)17-15(18)16-11/h4-9H,1-3H3. The van der Waals surface area contributed by atoms with Crippen LogP contribution in [0.1, 0.15) is 0 Å². The number of nitrogens with zero attached hydrogens (tertiary/aromatic N) is 3. The first-order chi connectivity index (χ1) is 10.3. The van der Waals surface area contributed by atoms with E-state index in [0.717, 1.165) is 17.0 Å². The van der Waals surface area contributed by atoms with Crippen molar-refractivity contribution in [2.45, 2.75) is 0 Å². The zero-order valence-electron chi connectivity index (χ0n) is 12.0. The number of aromatic nitrogens is 3. The second kappa shape index (κ2) is 5.32. The summed E-state index contributed by atoms with van der Waals surface area (Å²) in [5, 5.41) is 0. The van der Waals surface area contributed by atoms with E-state index in [4.69, 9.17) is 14.2 Å². The third-order valence-electron chi connectivity index (χ3n) is 3.18. The maximum Gasteiger partial charge on any atom is 0.240 e. The van der Waals surface area contributed by atoms with Crippen LogP contribution in [0.15, 0.2) is 36.5 Å². The average molecular weight is 285 g/mol. The van der Waals surface area contributed by atoms with Gasteiger partial charge in [-0.15, -0.1) is 0 Å². The first-order valence-electron chi connectivity index (χ1n) is 6.38. The average Bonchev–Trinajstić information content (AvgIpc) is 2.97. The first-order valence-corrected chi connectivity index (χ1v) is 6.38. The van der Waals surface area contributed by atoms with E-state index in [2.05, 4.69) is 9.97 Å². The molecule has 0 bridgehead atoms. The lowest BCUT2D eigenvalue weighted by atomic mass is 10.1. The molecule has 1 aromatic carbocycles. The molecule has 0 spiro atoms. The molecule has 0 fully saturated rings. The molecular formula is C15H15N3O3. The molecule has 3 rings (SSSR count). The van der Waals surface area contributed by atoms with Crippen LogP contribution in [0.25, 0.3) is 17.0 Å². The zero-order chi connectivity index (χ0) is 14.8. The van der Waals surface area contributed by atoms with Crippen LogP contribution >= 0.6 is 0 Å². The van der Waals surface area contributed by atoms with Crippen molar-refractivity contribution >= 4 is 5.78 Å². The van der Waals surface area contributed by atoms with Crippen molar-refractivity contribution in [3.8, 4) is 28.8 Å². The van der Waals surface area contributed by atoms with Crippen molar-refractivity contribution in [2.75, 3.05) is 21.3 Å². The van der Waals surface area contributed by atoms with Gasteiger partial charge in [0.25, 0.3) is 0 Å². The van der Waals surface area contributed by atoms with Crippen molar-refractivity contribution < 1.29 is 14.2 Å². The molecule has 0 radical (unpaired) electrons. The summed E-state index contributed by atoms with van der Waals surface area (Å²) in [6.07, 6.45) is 1.86. The summed E-state index contributed by atoms with van der Waals surface area (Å²) in [6, 6.07) is 9.41. The van der Waals surface area contributed by atoms with Gasteiger partial charge in [-0.05, 0) is 12.1 Å². The molecule has 2 aromatic heterocycles. The highest BCUT2D eigenvalue weighted by atomic mass is 16.5. The van der Waals surface area contributed by atoms with Crippen molar-refractivity contribution in [3.63, 3.8) is 0 Å². The van der Waals surface area contributed by atoms with Gasteiger partial charge in [-0.25, -0.2) is 4.98 Å². The summed E-state index contributed by atoms with van der Waals surface area (Å²) in [7, 11) is 4.79. The number of ether oxygens (including phenoxy) is 3. The largest absolute Gasteiger partial charge is 0.496 e. The fourth-order valence-electron chi connectivity index (χ4n) is 2.17. The lowest BCUT2D eigenvalue weighted by molar-refractivity contribution is 0.369. The maximum absolute atomic E-state index is 5.37. The molecule has 21 heavy (non-hydrogen) atoms. The molecule has 0 saturated heterocycles. The van der Waals surface area contributed by atoms with Gasteiger partial charge < -0.3 is 14.2 Å². The van der Waals surface area contributed by atoms with E-state index in [1.54, 1.807) is 31.8 Å². The quantitative estimate of drug-likeness (QED) is 0.737. The van der Waals surface area contributed by atoms with E-state index in [1.165, 1.54) is 0 Å². The van der Waals surface area contributed by atoms with Crippen LogP contribution in [0, 0.1) is 0 Å². The summed E-state index contributed by atoms with van der Waals surface area (Å²) in [4.78, 5) is 8.83. The van der Waals surface area contributed by atoms with E-state index in [-0.39, 0.29) is 0 Å². The van der Waals surface area contributed by atoms with Crippen LogP contribution in [-0.2, 0) is 0 Å². The van der Waals surface area contributed by atoms with Crippen LogP contribution in [-0.4, -0.2) is 35.7 Å². The fraction of sp³-hybridized carbons (Fsp3) is 0.200. The van der Waals surface area contributed by atoms with E-state index in [0.29, 0.717) is 17.5 Å². The van der Waals surface area contributed by atoms with Crippen LogP contribution in [0.4, 0.5) is 0 Å². The van der Waals surface area contributed by atoms with Crippen molar-refractivity contribution in [2.24, 2.45) is 0 Å². The molecular weight excluding hydrogens is 270 g/mol. The third-order valence-corrected chi connectivity index (χ3v) is 3.18. The van der Waals surface area contributed by atoms with Crippen molar-refractivity contribution in [1.29, 1.82) is 0 Å². The van der Waals surface area contributed by atoms with Gasteiger partial charge in [0.1, 0.15) is 5.75 Å². The minimum Gasteiger partial charge on any atom is -0.496 e. The molecule has 6 heteroatoms. The topological polar surface area (TPSA) is 57.9 Å². The normalized spacial score (nSPS) is 10.6. The number of rotatable bonds is 4. The van der Waals surface area contributed by atoms with Gasteiger partial charge in [-0.3, -0.25) is 4.40 Å². The Morgan fingerprint density at radius 1 is 0.952 bits per heavy atom. The number of hydrogen-bond donors (Lipinski definition) is 0. The molecule has 3 aromatic rings. The Labute approximate surface area is 121 Å². The number of imidazole rings is 1. The van der Waals surface area contributed by atoms with E-state index in [1.807, 2.05) is 30.5 Å². The van der Waals surface area contributed by atoms with Crippen LogP contribution in [0.2, 0.25) is 0 Å². The molecule has 0 aliphatic carbocycles. The summed E-state index contributed by atoms with van der Waals surface area (Å²) < 4.78 is 17.6.